The van der Waals surface area contributed by atoms with Crippen LogP contribution in [0.2, 0.25) is 0 Å². The zero-order valence-corrected chi connectivity index (χ0v) is 15.9. The van der Waals surface area contributed by atoms with Crippen LogP contribution in [0.15, 0.2) is 18.2 Å². The summed E-state index contributed by atoms with van der Waals surface area (Å²) >= 11 is 0. The molecule has 1 fully saturated rings. The monoisotopic (exact) mass is 364 g/mol. The molecule has 1 aromatic rings. The van der Waals surface area contributed by atoms with Gasteiger partial charge in [0.25, 0.3) is 5.91 Å². The van der Waals surface area contributed by atoms with Gasteiger partial charge in [0.1, 0.15) is 17.5 Å². The predicted molar refractivity (Wildman–Crippen MR) is 98.7 cm³/mol. The number of methoxy groups -OCH3 is 2. The van der Waals surface area contributed by atoms with E-state index in [1.54, 1.807) is 14.2 Å². The van der Waals surface area contributed by atoms with Gasteiger partial charge >= 0.3 is 6.03 Å². The molecule has 1 aliphatic heterocycles. The van der Waals surface area contributed by atoms with Gasteiger partial charge in [0.2, 0.25) is 0 Å². The fourth-order valence-electron chi connectivity index (χ4n) is 3.40. The summed E-state index contributed by atoms with van der Waals surface area (Å²) in [7, 11) is 3.26. The van der Waals surface area contributed by atoms with Crippen LogP contribution >= 0.6 is 0 Å². The Labute approximate surface area is 155 Å². The molecular formula is C19H30N3O4+. The van der Waals surface area contributed by atoms with Crippen molar-refractivity contribution >= 4 is 11.9 Å². The predicted octanol–water partition coefficient (Wildman–Crippen LogP) is 1.05. The Hall–Kier alpha value is -2.28. The van der Waals surface area contributed by atoms with Crippen molar-refractivity contribution in [1.82, 2.24) is 10.6 Å². The fourth-order valence-corrected chi connectivity index (χ4v) is 3.40. The molecule has 2 rings (SSSR count). The van der Waals surface area contributed by atoms with Crippen LogP contribution in [-0.2, 0) is 4.79 Å². The van der Waals surface area contributed by atoms with Gasteiger partial charge in [-0.05, 0) is 18.6 Å². The number of ether oxygens (including phenoxy) is 2. The molecule has 26 heavy (non-hydrogen) atoms. The van der Waals surface area contributed by atoms with Gasteiger partial charge in [0.15, 0.2) is 6.54 Å². The molecule has 7 nitrogen and oxygen atoms in total. The number of carbonyl (C=O) groups excluding carboxylic acids is 2. The number of urea groups is 1. The Morgan fingerprint density at radius 2 is 2.08 bits per heavy atom. The van der Waals surface area contributed by atoms with Crippen LogP contribution in [0.5, 0.6) is 11.5 Å². The molecule has 7 heteroatoms. The highest BCUT2D eigenvalue weighted by atomic mass is 16.5. The molecule has 0 spiro atoms. The summed E-state index contributed by atoms with van der Waals surface area (Å²) in [5, 5.41) is 5.12. The molecule has 0 saturated carbocycles. The number of unbranched alkanes of at least 4 members (excludes halogenated alkanes) is 1. The molecule has 1 aliphatic rings. The molecule has 1 heterocycles. The van der Waals surface area contributed by atoms with Crippen molar-refractivity contribution in [1.29, 1.82) is 0 Å². The maximum absolute atomic E-state index is 12.2. The number of rotatable bonds is 8. The van der Waals surface area contributed by atoms with E-state index < -0.39 is 6.03 Å². The number of imide groups is 1. The second-order valence-electron chi connectivity index (χ2n) is 6.55. The molecule has 3 N–H and O–H groups in total. The first-order chi connectivity index (χ1) is 12.6. The molecule has 0 bridgehead atoms. The first-order valence-electron chi connectivity index (χ1n) is 9.23. The van der Waals surface area contributed by atoms with E-state index in [2.05, 4.69) is 17.6 Å². The normalized spacial score (nSPS) is 19.0. The summed E-state index contributed by atoms with van der Waals surface area (Å²) < 4.78 is 10.8. The minimum atomic E-state index is -0.416. The molecule has 2 atom stereocenters. The van der Waals surface area contributed by atoms with E-state index in [1.807, 2.05) is 18.2 Å². The van der Waals surface area contributed by atoms with E-state index in [-0.39, 0.29) is 18.5 Å². The van der Waals surface area contributed by atoms with Crippen LogP contribution in [-0.4, -0.2) is 45.8 Å². The lowest BCUT2D eigenvalue weighted by molar-refractivity contribution is -0.910. The van der Waals surface area contributed by atoms with Crippen molar-refractivity contribution in [3.05, 3.63) is 23.8 Å². The van der Waals surface area contributed by atoms with E-state index in [1.165, 1.54) is 0 Å². The van der Waals surface area contributed by atoms with Gasteiger partial charge in [0.05, 0.1) is 26.3 Å². The Morgan fingerprint density at radius 3 is 2.77 bits per heavy atom. The summed E-state index contributed by atoms with van der Waals surface area (Å²) in [5.41, 5.74) is 1.07. The lowest BCUT2D eigenvalue weighted by atomic mass is 10.0. The molecule has 3 amide bonds. The molecule has 0 aromatic heterocycles. The third-order valence-electron chi connectivity index (χ3n) is 4.76. The number of hydrogen-bond donors (Lipinski definition) is 3. The van der Waals surface area contributed by atoms with Crippen molar-refractivity contribution < 1.29 is 24.0 Å². The second kappa shape index (κ2) is 10.0. The number of likely N-dealkylation sites (tertiary alicyclic amines) is 1. The van der Waals surface area contributed by atoms with E-state index in [9.17, 15) is 9.59 Å². The average Bonchev–Trinajstić information content (AvgIpc) is 3.08. The Morgan fingerprint density at radius 1 is 1.27 bits per heavy atom. The third-order valence-corrected chi connectivity index (χ3v) is 4.76. The van der Waals surface area contributed by atoms with Crippen molar-refractivity contribution in [2.75, 3.05) is 33.9 Å². The number of benzene rings is 1. The number of hydrogen-bond acceptors (Lipinski definition) is 4. The largest absolute Gasteiger partial charge is 0.497 e. The molecule has 0 radical (unpaired) electrons. The molecule has 0 aliphatic carbocycles. The standard InChI is InChI=1S/C19H29N3O4/c1-4-5-10-20-19(24)21-18(23)13-22-11-6-7-16(22)15-9-8-14(25-2)12-17(15)26-3/h8-9,12,16H,4-7,10-11,13H2,1-3H3,(H2,20,21,23,24)/p+1/t16-/m1/s1. The first kappa shape index (κ1) is 20.0. The van der Waals surface area contributed by atoms with E-state index in [4.69, 9.17) is 9.47 Å². The zero-order chi connectivity index (χ0) is 18.9. The Balaban J connectivity index is 1.97. The Bertz CT molecular complexity index is 621. The van der Waals surface area contributed by atoms with Crippen LogP contribution in [0.1, 0.15) is 44.2 Å². The van der Waals surface area contributed by atoms with Gasteiger partial charge in [-0.1, -0.05) is 13.3 Å². The van der Waals surface area contributed by atoms with Gasteiger partial charge in [0, 0.05) is 25.5 Å². The molecule has 144 valence electrons. The average molecular weight is 364 g/mol. The van der Waals surface area contributed by atoms with Gasteiger partial charge in [-0.25, -0.2) is 4.79 Å². The van der Waals surface area contributed by atoms with Crippen molar-refractivity contribution in [3.63, 3.8) is 0 Å². The molecule has 1 saturated heterocycles. The van der Waals surface area contributed by atoms with Gasteiger partial charge < -0.3 is 19.7 Å². The van der Waals surface area contributed by atoms with Gasteiger partial charge in [-0.3, -0.25) is 10.1 Å². The van der Waals surface area contributed by atoms with E-state index in [0.29, 0.717) is 6.54 Å². The Kier molecular flexibility index (Phi) is 7.72. The second-order valence-corrected chi connectivity index (χ2v) is 6.55. The summed E-state index contributed by atoms with van der Waals surface area (Å²) in [6, 6.07) is 5.54. The molecule has 1 aromatic carbocycles. The van der Waals surface area contributed by atoms with Crippen LogP contribution in [0.3, 0.4) is 0 Å². The van der Waals surface area contributed by atoms with Crippen LogP contribution in [0.4, 0.5) is 4.79 Å². The van der Waals surface area contributed by atoms with E-state index >= 15 is 0 Å². The number of quaternary nitrogens is 1. The van der Waals surface area contributed by atoms with Crippen molar-refractivity contribution in [3.8, 4) is 11.5 Å². The molecule has 1 unspecified atom stereocenters. The lowest BCUT2D eigenvalue weighted by Crippen LogP contribution is -3.11. The number of amides is 3. The van der Waals surface area contributed by atoms with Crippen LogP contribution in [0.25, 0.3) is 0 Å². The van der Waals surface area contributed by atoms with Gasteiger partial charge in [-0.2, -0.15) is 0 Å². The summed E-state index contributed by atoms with van der Waals surface area (Å²) in [6.45, 7) is 3.79. The van der Waals surface area contributed by atoms with Crippen LogP contribution in [0, 0.1) is 0 Å². The first-order valence-corrected chi connectivity index (χ1v) is 9.23. The maximum atomic E-state index is 12.2. The highest BCUT2D eigenvalue weighted by Crippen LogP contribution is 2.31. The highest BCUT2D eigenvalue weighted by molar-refractivity contribution is 5.94. The topological polar surface area (TPSA) is 81.1 Å². The SMILES string of the molecule is CCCCNC(=O)NC(=O)C[NH+]1CCC[C@@H]1c1ccc(OC)cc1OC. The minimum Gasteiger partial charge on any atom is -0.497 e. The van der Waals surface area contributed by atoms with Crippen LogP contribution < -0.4 is 25.0 Å². The summed E-state index contributed by atoms with van der Waals surface area (Å²) in [4.78, 5) is 25.1. The lowest BCUT2D eigenvalue weighted by Gasteiger charge is -2.23. The summed E-state index contributed by atoms with van der Waals surface area (Å²) in [5.74, 6) is 1.26. The third kappa shape index (κ3) is 5.36. The number of nitrogens with one attached hydrogen (secondary N) is 3. The maximum Gasteiger partial charge on any atom is 0.321 e. The smallest absolute Gasteiger partial charge is 0.321 e. The quantitative estimate of drug-likeness (QED) is 0.603. The van der Waals surface area contributed by atoms with Gasteiger partial charge in [-0.15, -0.1) is 0 Å². The minimum absolute atomic E-state index is 0.171. The summed E-state index contributed by atoms with van der Waals surface area (Å²) in [6.07, 6.45) is 3.91. The highest BCUT2D eigenvalue weighted by Gasteiger charge is 2.34. The molecular weight excluding hydrogens is 334 g/mol. The van der Waals surface area contributed by atoms with Crippen molar-refractivity contribution in [2.24, 2.45) is 0 Å². The zero-order valence-electron chi connectivity index (χ0n) is 15.9. The van der Waals surface area contributed by atoms with Crippen molar-refractivity contribution in [2.45, 2.75) is 38.6 Å². The fraction of sp³-hybridized carbons (Fsp3) is 0.579. The van der Waals surface area contributed by atoms with E-state index in [0.717, 1.165) is 54.2 Å². The number of carbonyl (C=O) groups is 2.